The summed E-state index contributed by atoms with van der Waals surface area (Å²) in [5, 5.41) is 13.2. The zero-order valence-corrected chi connectivity index (χ0v) is 11.1. The number of nitrogens with one attached hydrogen (secondary N) is 1. The van der Waals surface area contributed by atoms with E-state index in [-0.39, 0.29) is 11.6 Å². The third-order valence-corrected chi connectivity index (χ3v) is 2.68. The second-order valence-electron chi connectivity index (χ2n) is 4.88. The molecule has 0 saturated carbocycles. The molecule has 1 rings (SSSR count). The van der Waals surface area contributed by atoms with E-state index < -0.39 is 11.0 Å². The number of carbonyl (C=O) groups is 1. The molecule has 0 aliphatic heterocycles. The summed E-state index contributed by atoms with van der Waals surface area (Å²) in [4.78, 5) is 21.7. The van der Waals surface area contributed by atoms with Gasteiger partial charge < -0.3 is 11.1 Å². The quantitative estimate of drug-likeness (QED) is 0.602. The Morgan fingerprint density at radius 1 is 1.37 bits per heavy atom. The van der Waals surface area contributed by atoms with Crippen LogP contribution in [0.1, 0.15) is 25.8 Å². The minimum Gasteiger partial charge on any atom is -0.351 e. The molecular formula is C13H19N3O3. The first-order valence-corrected chi connectivity index (χ1v) is 6.16. The van der Waals surface area contributed by atoms with Crippen LogP contribution in [0.3, 0.4) is 0 Å². The van der Waals surface area contributed by atoms with Crippen molar-refractivity contribution < 1.29 is 9.72 Å². The Hall–Kier alpha value is -1.95. The Bertz CT molecular complexity index is 443. The molecule has 3 N–H and O–H groups in total. The van der Waals surface area contributed by atoms with E-state index in [2.05, 4.69) is 5.32 Å². The van der Waals surface area contributed by atoms with Gasteiger partial charge in [-0.15, -0.1) is 0 Å². The lowest BCUT2D eigenvalue weighted by atomic mass is 10.0. The fourth-order valence-electron chi connectivity index (χ4n) is 1.67. The van der Waals surface area contributed by atoms with E-state index in [1.165, 1.54) is 12.1 Å². The molecule has 0 radical (unpaired) electrons. The highest BCUT2D eigenvalue weighted by atomic mass is 16.6. The lowest BCUT2D eigenvalue weighted by Gasteiger charge is -2.14. The first-order valence-electron chi connectivity index (χ1n) is 6.16. The van der Waals surface area contributed by atoms with Gasteiger partial charge in [0.05, 0.1) is 11.0 Å². The van der Waals surface area contributed by atoms with Crippen LogP contribution in [-0.2, 0) is 11.3 Å². The summed E-state index contributed by atoms with van der Waals surface area (Å²) in [6, 6.07) is 5.54. The standard InChI is InChI=1S/C13H19N3O3/c1-9(2)7-12(14)13(17)15-8-10-3-5-11(6-4-10)16(18)19/h3-6,9,12H,7-8,14H2,1-2H3,(H,15,17)/t12-/m1/s1. The molecule has 0 unspecified atom stereocenters. The molecule has 0 aliphatic rings. The van der Waals surface area contributed by atoms with Crippen LogP contribution in [0, 0.1) is 16.0 Å². The van der Waals surface area contributed by atoms with Gasteiger partial charge >= 0.3 is 0 Å². The average molecular weight is 265 g/mol. The molecule has 0 heterocycles. The topological polar surface area (TPSA) is 98.3 Å². The number of nitrogens with two attached hydrogens (primary N) is 1. The number of nitro benzene ring substituents is 1. The van der Waals surface area contributed by atoms with Gasteiger partial charge in [-0.25, -0.2) is 0 Å². The minimum atomic E-state index is -0.516. The number of non-ortho nitro benzene ring substituents is 1. The number of rotatable bonds is 6. The van der Waals surface area contributed by atoms with Crippen LogP contribution in [0.2, 0.25) is 0 Å². The Morgan fingerprint density at radius 2 is 1.95 bits per heavy atom. The number of hydrogen-bond donors (Lipinski definition) is 2. The van der Waals surface area contributed by atoms with Gasteiger partial charge in [0.25, 0.3) is 5.69 Å². The van der Waals surface area contributed by atoms with Crippen molar-refractivity contribution in [1.29, 1.82) is 0 Å². The fourth-order valence-corrected chi connectivity index (χ4v) is 1.67. The molecule has 6 nitrogen and oxygen atoms in total. The van der Waals surface area contributed by atoms with Crippen LogP contribution in [0.4, 0.5) is 5.69 Å². The zero-order chi connectivity index (χ0) is 14.4. The average Bonchev–Trinajstić information content (AvgIpc) is 2.35. The summed E-state index contributed by atoms with van der Waals surface area (Å²) in [7, 11) is 0. The number of amides is 1. The van der Waals surface area contributed by atoms with Crippen molar-refractivity contribution >= 4 is 11.6 Å². The summed E-state index contributed by atoms with van der Waals surface area (Å²) in [6.45, 7) is 4.33. The molecule has 1 amide bonds. The molecule has 19 heavy (non-hydrogen) atoms. The molecule has 0 spiro atoms. The van der Waals surface area contributed by atoms with Crippen LogP contribution in [0.25, 0.3) is 0 Å². The molecule has 1 aromatic carbocycles. The maximum atomic E-state index is 11.7. The molecule has 6 heteroatoms. The number of hydrogen-bond acceptors (Lipinski definition) is 4. The number of nitrogens with zero attached hydrogens (tertiary/aromatic N) is 1. The predicted molar refractivity (Wildman–Crippen MR) is 72.4 cm³/mol. The molecule has 1 aromatic rings. The van der Waals surface area contributed by atoms with Crippen molar-refractivity contribution in [1.82, 2.24) is 5.32 Å². The fraction of sp³-hybridized carbons (Fsp3) is 0.462. The van der Waals surface area contributed by atoms with E-state index in [1.54, 1.807) is 12.1 Å². The van der Waals surface area contributed by atoms with Crippen molar-refractivity contribution in [2.24, 2.45) is 11.7 Å². The summed E-state index contributed by atoms with van der Waals surface area (Å²) in [5.74, 6) is 0.159. The third-order valence-electron chi connectivity index (χ3n) is 2.68. The van der Waals surface area contributed by atoms with Gasteiger partial charge in [-0.3, -0.25) is 14.9 Å². The van der Waals surface area contributed by atoms with Crippen molar-refractivity contribution in [3.8, 4) is 0 Å². The normalized spacial score (nSPS) is 12.2. The highest BCUT2D eigenvalue weighted by Gasteiger charge is 2.14. The lowest BCUT2D eigenvalue weighted by molar-refractivity contribution is -0.384. The summed E-state index contributed by atoms with van der Waals surface area (Å²) >= 11 is 0. The van der Waals surface area contributed by atoms with Gasteiger partial charge in [0.1, 0.15) is 0 Å². The van der Waals surface area contributed by atoms with Gasteiger partial charge in [-0.2, -0.15) is 0 Å². The van der Waals surface area contributed by atoms with Crippen molar-refractivity contribution in [3.05, 3.63) is 39.9 Å². The van der Waals surface area contributed by atoms with Gasteiger partial charge in [0.2, 0.25) is 5.91 Å². The Morgan fingerprint density at radius 3 is 2.42 bits per heavy atom. The van der Waals surface area contributed by atoms with E-state index in [0.717, 1.165) is 5.56 Å². The van der Waals surface area contributed by atoms with Crippen molar-refractivity contribution in [2.75, 3.05) is 0 Å². The maximum absolute atomic E-state index is 11.7. The molecular weight excluding hydrogens is 246 g/mol. The minimum absolute atomic E-state index is 0.0339. The van der Waals surface area contributed by atoms with Gasteiger partial charge in [0.15, 0.2) is 0 Å². The number of carbonyl (C=O) groups excluding carboxylic acids is 1. The molecule has 1 atom stereocenters. The molecule has 0 bridgehead atoms. The molecule has 0 fully saturated rings. The molecule has 0 aliphatic carbocycles. The Kier molecular flexibility index (Phi) is 5.44. The van der Waals surface area contributed by atoms with E-state index >= 15 is 0 Å². The highest BCUT2D eigenvalue weighted by Crippen LogP contribution is 2.11. The van der Waals surface area contributed by atoms with E-state index in [1.807, 2.05) is 13.8 Å². The van der Waals surface area contributed by atoms with E-state index in [0.29, 0.717) is 18.9 Å². The molecule has 104 valence electrons. The van der Waals surface area contributed by atoms with Gasteiger partial charge in [0, 0.05) is 18.7 Å². The van der Waals surface area contributed by atoms with Gasteiger partial charge in [-0.05, 0) is 17.9 Å². The second kappa shape index (κ2) is 6.84. The van der Waals surface area contributed by atoms with Crippen molar-refractivity contribution in [2.45, 2.75) is 32.9 Å². The van der Waals surface area contributed by atoms with Crippen LogP contribution < -0.4 is 11.1 Å². The second-order valence-corrected chi connectivity index (χ2v) is 4.88. The van der Waals surface area contributed by atoms with Crippen LogP contribution >= 0.6 is 0 Å². The predicted octanol–water partition coefficient (Wildman–Crippen LogP) is 1.58. The smallest absolute Gasteiger partial charge is 0.269 e. The lowest BCUT2D eigenvalue weighted by Crippen LogP contribution is -2.40. The number of benzene rings is 1. The summed E-state index contributed by atoms with van der Waals surface area (Å²) < 4.78 is 0. The first-order chi connectivity index (χ1) is 8.90. The first kappa shape index (κ1) is 15.1. The highest BCUT2D eigenvalue weighted by molar-refractivity contribution is 5.81. The SMILES string of the molecule is CC(C)C[C@@H](N)C(=O)NCc1ccc([N+](=O)[O-])cc1. The van der Waals surface area contributed by atoms with Gasteiger partial charge in [-0.1, -0.05) is 26.0 Å². The zero-order valence-electron chi connectivity index (χ0n) is 11.1. The van der Waals surface area contributed by atoms with Crippen molar-refractivity contribution in [3.63, 3.8) is 0 Å². The number of nitro groups is 1. The monoisotopic (exact) mass is 265 g/mol. The Labute approximate surface area is 112 Å². The summed E-state index contributed by atoms with van der Waals surface area (Å²) in [6.07, 6.45) is 0.631. The van der Waals surface area contributed by atoms with E-state index in [4.69, 9.17) is 5.73 Å². The van der Waals surface area contributed by atoms with E-state index in [9.17, 15) is 14.9 Å². The van der Waals surface area contributed by atoms with Crippen LogP contribution in [0.5, 0.6) is 0 Å². The van der Waals surface area contributed by atoms with Crippen LogP contribution in [0.15, 0.2) is 24.3 Å². The molecule has 0 aromatic heterocycles. The third kappa shape index (κ3) is 5.05. The Balaban J connectivity index is 2.48. The molecule has 0 saturated heterocycles. The maximum Gasteiger partial charge on any atom is 0.269 e. The largest absolute Gasteiger partial charge is 0.351 e. The summed E-state index contributed by atoms with van der Waals surface area (Å²) in [5.41, 5.74) is 6.58. The van der Waals surface area contributed by atoms with Crippen LogP contribution in [-0.4, -0.2) is 16.9 Å².